The number of fused-ring (bicyclic) bond motifs is 1. The Balaban J connectivity index is 1.99. The number of hydrogen-bond acceptors (Lipinski definition) is 8. The number of aliphatic hydroxyl groups excluding tert-OH is 1. The number of aliphatic carboxylic acids is 1. The number of carboxylic acid groups (broad SMARTS) is 1. The van der Waals surface area contributed by atoms with Crippen LogP contribution in [0.1, 0.15) is 87.5 Å². The van der Waals surface area contributed by atoms with Gasteiger partial charge in [-0.2, -0.15) is 0 Å². The van der Waals surface area contributed by atoms with E-state index in [2.05, 4.69) is 44.4 Å². The van der Waals surface area contributed by atoms with Gasteiger partial charge in [-0.3, -0.25) is 4.79 Å². The Morgan fingerprint density at radius 3 is 2.23 bits per heavy atom. The van der Waals surface area contributed by atoms with Gasteiger partial charge in [0, 0.05) is 25.0 Å². The second-order valence-electron chi connectivity index (χ2n) is 13.9. The Labute approximate surface area is 237 Å². The molecular formula is C30H58N2O7. The van der Waals surface area contributed by atoms with Crippen molar-refractivity contribution in [1.29, 1.82) is 0 Å². The smallest absolute Gasteiger partial charge is 0.308 e. The summed E-state index contributed by atoms with van der Waals surface area (Å²) in [5, 5.41) is 32.2. The summed E-state index contributed by atoms with van der Waals surface area (Å²) in [6.07, 6.45) is 1.65. The van der Waals surface area contributed by atoms with Crippen molar-refractivity contribution < 1.29 is 34.3 Å². The second kappa shape index (κ2) is 13.9. The highest BCUT2D eigenvalue weighted by Crippen LogP contribution is 2.40. The molecule has 0 amide bonds. The number of rotatable bonds is 17. The van der Waals surface area contributed by atoms with Crippen LogP contribution in [0.4, 0.5) is 0 Å². The van der Waals surface area contributed by atoms with Gasteiger partial charge in [0.25, 0.3) is 0 Å². The zero-order chi connectivity index (χ0) is 29.9. The first-order valence-corrected chi connectivity index (χ1v) is 14.9. The lowest BCUT2D eigenvalue weighted by Crippen LogP contribution is -2.48. The van der Waals surface area contributed by atoms with Crippen LogP contribution in [0.25, 0.3) is 0 Å². The van der Waals surface area contributed by atoms with E-state index in [9.17, 15) is 20.1 Å². The maximum atomic E-state index is 12.0. The molecule has 0 aromatic rings. The van der Waals surface area contributed by atoms with Crippen LogP contribution in [0.5, 0.6) is 0 Å². The lowest BCUT2D eigenvalue weighted by Gasteiger charge is -2.40. The molecule has 0 aliphatic carbocycles. The number of aliphatic hydroxyl groups is 2. The predicted molar refractivity (Wildman–Crippen MR) is 152 cm³/mol. The van der Waals surface area contributed by atoms with Gasteiger partial charge in [-0.25, -0.2) is 0 Å². The van der Waals surface area contributed by atoms with Crippen molar-refractivity contribution in [2.45, 2.75) is 136 Å². The minimum Gasteiger partial charge on any atom is -0.481 e. The van der Waals surface area contributed by atoms with Crippen molar-refractivity contribution in [3.63, 3.8) is 0 Å². The van der Waals surface area contributed by atoms with Crippen LogP contribution in [0, 0.1) is 23.2 Å². The Kier molecular flexibility index (Phi) is 12.3. The normalized spacial score (nSPS) is 29.7. The zero-order valence-corrected chi connectivity index (χ0v) is 26.4. The lowest BCUT2D eigenvalue weighted by atomic mass is 9.78. The minimum atomic E-state index is -1.01. The fourth-order valence-corrected chi connectivity index (χ4v) is 6.73. The maximum absolute atomic E-state index is 12.0. The van der Waals surface area contributed by atoms with Gasteiger partial charge in [-0.1, -0.05) is 41.0 Å². The highest BCUT2D eigenvalue weighted by atomic mass is 16.8. The lowest BCUT2D eigenvalue weighted by molar-refractivity contribution is -0.228. The van der Waals surface area contributed by atoms with Crippen molar-refractivity contribution in [3.8, 4) is 0 Å². The number of likely N-dealkylation sites (N-methyl/N-ethyl adjacent to an activating group) is 2. The average molecular weight is 559 g/mol. The number of carboxylic acids is 1. The van der Waals surface area contributed by atoms with E-state index in [4.69, 9.17) is 14.2 Å². The molecule has 0 spiro atoms. The van der Waals surface area contributed by atoms with E-state index in [1.54, 1.807) is 6.92 Å². The predicted octanol–water partition coefficient (Wildman–Crippen LogP) is 3.80. The van der Waals surface area contributed by atoms with Crippen LogP contribution >= 0.6 is 0 Å². The third-order valence-electron chi connectivity index (χ3n) is 8.99. The molecule has 2 aliphatic rings. The Bertz CT molecular complexity index is 776. The van der Waals surface area contributed by atoms with Crippen molar-refractivity contribution in [1.82, 2.24) is 9.80 Å². The summed E-state index contributed by atoms with van der Waals surface area (Å²) in [6, 6.07) is 0.142. The van der Waals surface area contributed by atoms with Gasteiger partial charge in [0.1, 0.15) is 6.10 Å². The molecule has 230 valence electrons. The van der Waals surface area contributed by atoms with E-state index in [1.807, 2.05) is 35.0 Å². The number of carbonyl (C=O) groups is 1. The molecule has 0 bridgehead atoms. The standard InChI is InChI=1S/C30H58N2O7/c1-12-13-29(6,7)26(33)21(5)32(11)17-18(2)15-30(8,36)16-19(3)24(20(4)27(34)35)37-23-14-22(31(9)10)25-28(38-23)39-25/h18-26,28,33,36H,12-17H2,1-11H3,(H,34,35)/t18-,19-,20-,21-,22?,23?,24?,25?,26-,28?,30?/m1/s1. The van der Waals surface area contributed by atoms with E-state index in [0.717, 1.165) is 19.4 Å². The first-order chi connectivity index (χ1) is 17.9. The van der Waals surface area contributed by atoms with Crippen LogP contribution in [0.2, 0.25) is 0 Å². The minimum absolute atomic E-state index is 0.0106. The number of hydrogen-bond donors (Lipinski definition) is 3. The van der Waals surface area contributed by atoms with E-state index in [-0.39, 0.29) is 41.7 Å². The topological polar surface area (TPSA) is 115 Å². The van der Waals surface area contributed by atoms with Crippen LogP contribution in [0.15, 0.2) is 0 Å². The molecule has 0 aromatic heterocycles. The molecule has 39 heavy (non-hydrogen) atoms. The summed E-state index contributed by atoms with van der Waals surface area (Å²) < 4.78 is 17.9. The van der Waals surface area contributed by atoms with E-state index in [1.165, 1.54) is 0 Å². The second-order valence-corrected chi connectivity index (χ2v) is 13.9. The van der Waals surface area contributed by atoms with Crippen LogP contribution in [0.3, 0.4) is 0 Å². The molecule has 9 nitrogen and oxygen atoms in total. The van der Waals surface area contributed by atoms with Crippen molar-refractivity contribution >= 4 is 5.97 Å². The molecule has 3 N–H and O–H groups in total. The summed E-state index contributed by atoms with van der Waals surface area (Å²) in [7, 11) is 6.02. The van der Waals surface area contributed by atoms with Crippen LogP contribution < -0.4 is 0 Å². The van der Waals surface area contributed by atoms with Gasteiger partial charge in [0.05, 0.1) is 23.7 Å². The largest absolute Gasteiger partial charge is 0.481 e. The van der Waals surface area contributed by atoms with Gasteiger partial charge in [0.2, 0.25) is 0 Å². The zero-order valence-electron chi connectivity index (χ0n) is 26.4. The van der Waals surface area contributed by atoms with Crippen LogP contribution in [-0.2, 0) is 19.0 Å². The quantitative estimate of drug-likeness (QED) is 0.229. The van der Waals surface area contributed by atoms with E-state index < -0.39 is 36.0 Å². The Morgan fingerprint density at radius 2 is 1.69 bits per heavy atom. The van der Waals surface area contributed by atoms with E-state index in [0.29, 0.717) is 19.3 Å². The van der Waals surface area contributed by atoms with Gasteiger partial charge in [0.15, 0.2) is 12.6 Å². The Hall–Kier alpha value is -0.810. The summed E-state index contributed by atoms with van der Waals surface area (Å²) in [5.41, 5.74) is -1.17. The molecule has 2 saturated heterocycles. The molecular weight excluding hydrogens is 500 g/mol. The molecule has 9 heteroatoms. The van der Waals surface area contributed by atoms with Crippen LogP contribution in [-0.4, -0.2) is 107 Å². The molecule has 2 fully saturated rings. The monoisotopic (exact) mass is 558 g/mol. The maximum Gasteiger partial charge on any atom is 0.308 e. The highest BCUT2D eigenvalue weighted by molar-refractivity contribution is 5.70. The fourth-order valence-electron chi connectivity index (χ4n) is 6.73. The number of nitrogens with zero attached hydrogens (tertiary/aromatic N) is 2. The molecule has 0 saturated carbocycles. The van der Waals surface area contributed by atoms with Crippen molar-refractivity contribution in [2.24, 2.45) is 23.2 Å². The molecule has 6 unspecified atom stereocenters. The molecule has 2 rings (SSSR count). The van der Waals surface area contributed by atoms with Gasteiger partial charge >= 0.3 is 5.97 Å². The summed E-state index contributed by atoms with van der Waals surface area (Å²) >= 11 is 0. The van der Waals surface area contributed by atoms with Gasteiger partial charge < -0.3 is 39.3 Å². The Morgan fingerprint density at radius 1 is 1.08 bits per heavy atom. The summed E-state index contributed by atoms with van der Waals surface area (Å²) in [5.74, 6) is -1.73. The summed E-state index contributed by atoms with van der Waals surface area (Å²) in [4.78, 5) is 16.3. The molecule has 2 heterocycles. The molecule has 11 atom stereocenters. The average Bonchev–Trinajstić information content (AvgIpc) is 3.58. The molecule has 2 aliphatic heterocycles. The third-order valence-corrected chi connectivity index (χ3v) is 8.99. The van der Waals surface area contributed by atoms with Crippen molar-refractivity contribution in [2.75, 3.05) is 27.7 Å². The highest BCUT2D eigenvalue weighted by Gasteiger charge is 2.54. The first kappa shape index (κ1) is 34.4. The number of ether oxygens (including phenoxy) is 3. The first-order valence-electron chi connectivity index (χ1n) is 14.9. The number of epoxide rings is 1. The fraction of sp³-hybridized carbons (Fsp3) is 0.967. The SMILES string of the molecule is CCCC(C)(C)[C@H](O)[C@@H](C)N(C)C[C@H](C)CC(C)(O)C[C@@H](C)C(OC1CC(N(C)C)C2OC2O1)[C@@H](C)C(=O)O. The van der Waals surface area contributed by atoms with Crippen molar-refractivity contribution in [3.05, 3.63) is 0 Å². The van der Waals surface area contributed by atoms with E-state index >= 15 is 0 Å². The third kappa shape index (κ3) is 9.62. The summed E-state index contributed by atoms with van der Waals surface area (Å²) in [6.45, 7) is 16.7. The van der Waals surface area contributed by atoms with Gasteiger partial charge in [-0.05, 0) is 78.4 Å². The van der Waals surface area contributed by atoms with Gasteiger partial charge in [-0.15, -0.1) is 0 Å². The molecule has 0 aromatic carbocycles. The molecule has 0 radical (unpaired) electrons.